The molecule has 0 saturated carbocycles. The Kier molecular flexibility index (Phi) is 11.8. The van der Waals surface area contributed by atoms with Crippen molar-refractivity contribution in [2.45, 2.75) is 50.7 Å². The summed E-state index contributed by atoms with van der Waals surface area (Å²) in [7, 11) is 0. The second-order valence-electron chi connectivity index (χ2n) is 14.8. The first-order valence-electron chi connectivity index (χ1n) is 19.3. The number of anilines is 1. The summed E-state index contributed by atoms with van der Waals surface area (Å²) < 4.78 is 12.3. The minimum atomic E-state index is -1.17. The van der Waals surface area contributed by atoms with Gasteiger partial charge in [-0.15, -0.1) is 0 Å². The number of carbonyl (C=O) groups excluding carboxylic acids is 2. The van der Waals surface area contributed by atoms with E-state index in [4.69, 9.17) is 37.9 Å². The number of benzene rings is 6. The fourth-order valence-electron chi connectivity index (χ4n) is 7.52. The molecule has 6 aromatic rings. The number of carboxylic acid groups (broad SMARTS) is 1. The molecule has 2 aliphatic heterocycles. The smallest absolute Gasteiger partial charge is 0.326 e. The Balaban J connectivity index is 0.972. The quantitative estimate of drug-likeness (QED) is 0.111. The Morgan fingerprint density at radius 3 is 2.23 bits per heavy atom. The fraction of sp³-hybridized carbons (Fsp3) is 0.167. The van der Waals surface area contributed by atoms with E-state index in [2.05, 4.69) is 16.7 Å². The highest BCUT2D eigenvalue weighted by Crippen LogP contribution is 2.40. The number of fused-ring (bicyclic) bond motifs is 2. The van der Waals surface area contributed by atoms with E-state index in [1.54, 1.807) is 48.5 Å². The van der Waals surface area contributed by atoms with Crippen LogP contribution in [0.2, 0.25) is 10.0 Å². The monoisotopic (exact) mass is 836 g/mol. The van der Waals surface area contributed by atoms with E-state index in [0.29, 0.717) is 51.4 Å². The zero-order chi connectivity index (χ0) is 41.8. The number of rotatable bonds is 12. The number of hydrogen-bond acceptors (Lipinski definition) is 7. The zero-order valence-corrected chi connectivity index (χ0v) is 33.6. The molecular weight excluding hydrogens is 799 g/mol. The van der Waals surface area contributed by atoms with Crippen molar-refractivity contribution in [1.82, 2.24) is 10.2 Å². The van der Waals surface area contributed by atoms with Crippen molar-refractivity contribution < 1.29 is 29.0 Å². The summed E-state index contributed by atoms with van der Waals surface area (Å²) in [6, 6.07) is 41.0. The molecule has 0 fully saturated rings. The fourth-order valence-corrected chi connectivity index (χ4v) is 7.84. The third-order valence-corrected chi connectivity index (χ3v) is 11.5. The van der Waals surface area contributed by atoms with Crippen molar-refractivity contribution in [2.24, 2.45) is 0 Å². The molecule has 0 aromatic heterocycles. The van der Waals surface area contributed by atoms with Crippen LogP contribution >= 0.6 is 23.2 Å². The molecule has 60 heavy (non-hydrogen) atoms. The molecule has 6 aromatic carbocycles. The molecular formula is C48H38Cl2N4O6. The number of carboxylic acids is 1. The van der Waals surface area contributed by atoms with Gasteiger partial charge in [0.1, 0.15) is 24.1 Å². The first-order chi connectivity index (χ1) is 29.1. The normalized spacial score (nSPS) is 16.2. The van der Waals surface area contributed by atoms with Crippen LogP contribution in [0, 0.1) is 11.3 Å². The Hall–Kier alpha value is -6.64. The van der Waals surface area contributed by atoms with E-state index in [0.717, 1.165) is 38.9 Å². The molecule has 2 aliphatic rings. The van der Waals surface area contributed by atoms with Gasteiger partial charge in [0.15, 0.2) is 0 Å². The molecule has 300 valence electrons. The van der Waals surface area contributed by atoms with Crippen molar-refractivity contribution in [2.75, 3.05) is 5.32 Å². The number of ether oxygens (including phenoxy) is 2. The number of hydrogen-bond donors (Lipinski definition) is 3. The lowest BCUT2D eigenvalue weighted by Crippen LogP contribution is -2.54. The molecule has 1 unspecified atom stereocenters. The van der Waals surface area contributed by atoms with Gasteiger partial charge in [-0.25, -0.2) is 4.79 Å². The minimum absolute atomic E-state index is 0.0865. The van der Waals surface area contributed by atoms with Gasteiger partial charge in [-0.1, -0.05) is 108 Å². The van der Waals surface area contributed by atoms with Crippen LogP contribution in [-0.4, -0.2) is 39.9 Å². The van der Waals surface area contributed by atoms with Crippen LogP contribution in [0.5, 0.6) is 11.5 Å². The molecule has 8 rings (SSSR count). The number of nitrogens with one attached hydrogen (secondary N) is 2. The summed E-state index contributed by atoms with van der Waals surface area (Å²) >= 11 is 12.2. The second kappa shape index (κ2) is 17.7. The maximum Gasteiger partial charge on any atom is 0.326 e. The summed E-state index contributed by atoms with van der Waals surface area (Å²) in [4.78, 5) is 42.2. The van der Waals surface area contributed by atoms with E-state index >= 15 is 0 Å². The predicted octanol–water partition coefficient (Wildman–Crippen LogP) is 8.92. The molecule has 0 spiro atoms. The first kappa shape index (κ1) is 40.2. The predicted molar refractivity (Wildman–Crippen MR) is 229 cm³/mol. The number of aliphatic carboxylic acids is 1. The Bertz CT molecular complexity index is 2600. The lowest BCUT2D eigenvalue weighted by molar-refractivity contribution is -0.142. The summed E-state index contributed by atoms with van der Waals surface area (Å²) in [6.45, 7) is 1.12. The van der Waals surface area contributed by atoms with Crippen LogP contribution in [0.1, 0.15) is 45.0 Å². The molecule has 3 atom stereocenters. The molecule has 0 radical (unpaired) electrons. The van der Waals surface area contributed by atoms with Gasteiger partial charge >= 0.3 is 5.97 Å². The Morgan fingerprint density at radius 1 is 0.850 bits per heavy atom. The Labute approximate surface area is 356 Å². The van der Waals surface area contributed by atoms with Crippen LogP contribution in [0.3, 0.4) is 0 Å². The molecule has 2 amide bonds. The number of amides is 2. The van der Waals surface area contributed by atoms with Gasteiger partial charge in [0.05, 0.1) is 33.4 Å². The summed E-state index contributed by atoms with van der Waals surface area (Å²) in [5.41, 5.74) is 7.98. The number of nitrogens with zero attached hydrogens (tertiary/aromatic N) is 2. The van der Waals surface area contributed by atoms with Crippen molar-refractivity contribution in [1.29, 1.82) is 5.26 Å². The lowest BCUT2D eigenvalue weighted by Gasteiger charge is -2.37. The van der Waals surface area contributed by atoms with Gasteiger partial charge in [0, 0.05) is 25.1 Å². The second-order valence-corrected chi connectivity index (χ2v) is 15.6. The van der Waals surface area contributed by atoms with Crippen LogP contribution in [0.4, 0.5) is 5.69 Å². The van der Waals surface area contributed by atoms with Crippen molar-refractivity contribution in [3.8, 4) is 28.7 Å². The van der Waals surface area contributed by atoms with Gasteiger partial charge in [-0.2, -0.15) is 5.26 Å². The zero-order valence-electron chi connectivity index (χ0n) is 32.1. The molecule has 0 aliphatic carbocycles. The average Bonchev–Trinajstić information content (AvgIpc) is 3.26. The lowest BCUT2D eigenvalue weighted by atomic mass is 9.91. The Morgan fingerprint density at radius 2 is 1.55 bits per heavy atom. The van der Waals surface area contributed by atoms with Crippen molar-refractivity contribution in [3.05, 3.63) is 182 Å². The van der Waals surface area contributed by atoms with Crippen LogP contribution in [-0.2, 0) is 46.9 Å². The topological polar surface area (TPSA) is 141 Å². The van der Waals surface area contributed by atoms with E-state index in [1.165, 1.54) is 0 Å². The third kappa shape index (κ3) is 9.14. The maximum atomic E-state index is 14.2. The SMILES string of the molecule is N#Cc1ccc(-c2ccc(C[C@H](NC(=O)C3Cc4cc5c(cc4CN3Cc3ccccc3)O[C@@H](c3ccc(OCc4ccc(Cl)c(Cl)c4)cc3)C(=O)N5)C(=O)O)cc2)cc1. The van der Waals surface area contributed by atoms with Crippen LogP contribution in [0.25, 0.3) is 11.1 Å². The average molecular weight is 838 g/mol. The number of carbonyl (C=O) groups is 3. The van der Waals surface area contributed by atoms with E-state index in [-0.39, 0.29) is 25.4 Å². The van der Waals surface area contributed by atoms with Crippen molar-refractivity contribution >= 4 is 46.7 Å². The van der Waals surface area contributed by atoms with Gasteiger partial charge in [0.25, 0.3) is 5.91 Å². The molecule has 3 N–H and O–H groups in total. The highest BCUT2D eigenvalue weighted by atomic mass is 35.5. The van der Waals surface area contributed by atoms with E-state index in [1.807, 2.05) is 89.8 Å². The highest BCUT2D eigenvalue weighted by molar-refractivity contribution is 6.42. The molecule has 0 saturated heterocycles. The highest BCUT2D eigenvalue weighted by Gasteiger charge is 2.36. The molecule has 2 heterocycles. The van der Waals surface area contributed by atoms with Gasteiger partial charge in [0.2, 0.25) is 12.0 Å². The number of nitriles is 1. The van der Waals surface area contributed by atoms with Gasteiger partial charge in [-0.05, 0) is 93.9 Å². The van der Waals surface area contributed by atoms with Crippen molar-refractivity contribution in [3.63, 3.8) is 0 Å². The van der Waals surface area contributed by atoms with E-state index < -0.39 is 30.1 Å². The van der Waals surface area contributed by atoms with Crippen LogP contribution in [0.15, 0.2) is 133 Å². The standard InChI is InChI=1S/C48H38Cl2N4O6/c49-39-19-10-32(20-40(39)50)28-59-38-17-15-35(16-18-38)45-47(56)52-41-22-36-23-43(54(26-31-4-2-1-3-5-31)27-37(36)24-44(41)60-45)46(55)53-42(48(57)58)21-29-6-11-33(12-7-29)34-13-8-30(25-51)9-14-34/h1-20,22,24,42-43,45H,21,23,26-28H2,(H,52,56)(H,53,55)(H,57,58)/t42-,43?,45-/m0/s1. The van der Waals surface area contributed by atoms with E-state index in [9.17, 15) is 19.5 Å². The largest absolute Gasteiger partial charge is 0.489 e. The summed E-state index contributed by atoms with van der Waals surface area (Å²) in [5, 5.41) is 26.1. The summed E-state index contributed by atoms with van der Waals surface area (Å²) in [5.74, 6) is -0.758. The molecule has 10 nitrogen and oxygen atoms in total. The first-order valence-corrected chi connectivity index (χ1v) is 20.1. The minimum Gasteiger partial charge on any atom is -0.489 e. The van der Waals surface area contributed by atoms with Gasteiger partial charge in [-0.3, -0.25) is 14.5 Å². The third-order valence-electron chi connectivity index (χ3n) is 10.7. The van der Waals surface area contributed by atoms with Gasteiger partial charge < -0.3 is 25.2 Å². The summed E-state index contributed by atoms with van der Waals surface area (Å²) in [6.07, 6.45) is -0.526. The van der Waals surface area contributed by atoms with Crippen LogP contribution < -0.4 is 20.1 Å². The molecule has 12 heteroatoms. The maximum absolute atomic E-state index is 14.2. The molecule has 0 bridgehead atoms. The number of halogens is 2.